The Kier molecular flexibility index (Phi) is 5.27. The predicted molar refractivity (Wildman–Crippen MR) is 115 cm³/mol. The summed E-state index contributed by atoms with van der Waals surface area (Å²) in [6.07, 6.45) is 1.38. The van der Waals surface area contributed by atoms with Gasteiger partial charge in [-0.15, -0.1) is 0 Å². The second-order valence-electron chi connectivity index (χ2n) is 6.09. The third kappa shape index (κ3) is 3.85. The van der Waals surface area contributed by atoms with Crippen LogP contribution in [0.25, 0.3) is 28.2 Å². The van der Waals surface area contributed by atoms with Gasteiger partial charge in [0.1, 0.15) is 12.2 Å². The largest absolute Gasteiger partial charge is 0.368 e. The summed E-state index contributed by atoms with van der Waals surface area (Å²) in [4.78, 5) is 24.5. The SMILES string of the molecule is NC(=O)CNc1ncnc2c1nc(-c1ccc(Cl)cc1Cl)n2-c1ccc(Cl)cc1. The number of imidazole rings is 1. The third-order valence-corrected chi connectivity index (χ3v) is 4.93. The molecule has 0 bridgehead atoms. The van der Waals surface area contributed by atoms with E-state index < -0.39 is 5.91 Å². The van der Waals surface area contributed by atoms with Crippen LogP contribution in [-0.4, -0.2) is 32.0 Å². The van der Waals surface area contributed by atoms with E-state index in [0.29, 0.717) is 43.4 Å². The molecule has 0 aliphatic carbocycles. The molecule has 2 aromatic carbocycles. The molecule has 0 aliphatic rings. The Morgan fingerprint density at radius 1 is 1.03 bits per heavy atom. The molecule has 146 valence electrons. The number of hydrogen-bond donors (Lipinski definition) is 2. The van der Waals surface area contributed by atoms with Gasteiger partial charge in [-0.2, -0.15) is 0 Å². The summed E-state index contributed by atoms with van der Waals surface area (Å²) in [5.74, 6) is 0.398. The zero-order chi connectivity index (χ0) is 20.5. The number of aromatic nitrogens is 4. The number of nitrogens with zero attached hydrogens (tertiary/aromatic N) is 4. The van der Waals surface area contributed by atoms with Gasteiger partial charge < -0.3 is 11.1 Å². The molecule has 0 saturated carbocycles. The summed E-state index contributed by atoms with van der Waals surface area (Å²) < 4.78 is 1.83. The summed E-state index contributed by atoms with van der Waals surface area (Å²) in [6.45, 7) is -0.0864. The lowest BCUT2D eigenvalue weighted by molar-refractivity contribution is -0.116. The van der Waals surface area contributed by atoms with Crippen molar-refractivity contribution >= 4 is 57.7 Å². The van der Waals surface area contributed by atoms with Crippen LogP contribution in [0.4, 0.5) is 5.82 Å². The zero-order valence-electron chi connectivity index (χ0n) is 14.7. The van der Waals surface area contributed by atoms with Crippen LogP contribution in [0.3, 0.4) is 0 Å². The number of benzene rings is 2. The fourth-order valence-corrected chi connectivity index (χ4v) is 3.50. The fourth-order valence-electron chi connectivity index (χ4n) is 2.88. The van der Waals surface area contributed by atoms with Crippen molar-refractivity contribution < 1.29 is 4.79 Å². The van der Waals surface area contributed by atoms with E-state index in [1.807, 2.05) is 16.7 Å². The molecule has 0 radical (unpaired) electrons. The number of rotatable bonds is 5. The molecule has 1 amide bonds. The molecular formula is C19H13Cl3N6O. The molecule has 4 rings (SSSR count). The minimum atomic E-state index is -0.519. The molecule has 0 atom stereocenters. The van der Waals surface area contributed by atoms with Crippen LogP contribution in [0.15, 0.2) is 48.8 Å². The number of nitrogens with two attached hydrogens (primary N) is 1. The Labute approximate surface area is 180 Å². The average Bonchev–Trinajstić information content (AvgIpc) is 3.06. The highest BCUT2D eigenvalue weighted by atomic mass is 35.5. The van der Waals surface area contributed by atoms with E-state index in [2.05, 4.69) is 15.3 Å². The Balaban J connectivity index is 2.00. The summed E-state index contributed by atoms with van der Waals surface area (Å²) >= 11 is 18.5. The minimum absolute atomic E-state index is 0.0864. The van der Waals surface area contributed by atoms with Crippen LogP contribution in [0.5, 0.6) is 0 Å². The Morgan fingerprint density at radius 3 is 2.45 bits per heavy atom. The summed E-state index contributed by atoms with van der Waals surface area (Å²) in [5.41, 5.74) is 7.66. The maximum absolute atomic E-state index is 11.2. The lowest BCUT2D eigenvalue weighted by Gasteiger charge is -2.10. The number of carbonyl (C=O) groups is 1. The van der Waals surface area contributed by atoms with Crippen molar-refractivity contribution in [3.63, 3.8) is 0 Å². The third-order valence-electron chi connectivity index (χ3n) is 4.13. The van der Waals surface area contributed by atoms with E-state index in [9.17, 15) is 4.79 Å². The second kappa shape index (κ2) is 7.87. The van der Waals surface area contributed by atoms with Gasteiger partial charge in [0.05, 0.1) is 11.6 Å². The molecule has 10 heteroatoms. The number of primary amides is 1. The highest BCUT2D eigenvalue weighted by Crippen LogP contribution is 2.35. The van der Waals surface area contributed by atoms with Gasteiger partial charge in [0.15, 0.2) is 17.0 Å². The number of carbonyl (C=O) groups excluding carboxylic acids is 1. The number of hydrogen-bond acceptors (Lipinski definition) is 5. The molecular weight excluding hydrogens is 435 g/mol. The van der Waals surface area contributed by atoms with Gasteiger partial charge >= 0.3 is 0 Å². The standard InChI is InChI=1S/C19H13Cl3N6O/c20-10-1-4-12(5-2-10)28-18(13-6-3-11(21)7-14(13)22)27-16-17(24-8-15(23)29)25-9-26-19(16)28/h1-7,9H,8H2,(H2,23,29)(H,24,25,26). The van der Waals surface area contributed by atoms with Gasteiger partial charge in [0, 0.05) is 21.3 Å². The number of halogens is 3. The van der Waals surface area contributed by atoms with Crippen molar-refractivity contribution in [2.45, 2.75) is 0 Å². The zero-order valence-corrected chi connectivity index (χ0v) is 17.0. The van der Waals surface area contributed by atoms with Gasteiger partial charge in [-0.1, -0.05) is 34.8 Å². The molecule has 2 aromatic heterocycles. The summed E-state index contributed by atoms with van der Waals surface area (Å²) in [7, 11) is 0. The highest BCUT2D eigenvalue weighted by molar-refractivity contribution is 6.36. The molecule has 0 fully saturated rings. The first kappa shape index (κ1) is 19.4. The first-order chi connectivity index (χ1) is 13.9. The van der Waals surface area contributed by atoms with E-state index in [4.69, 9.17) is 45.5 Å². The van der Waals surface area contributed by atoms with Crippen LogP contribution in [0.1, 0.15) is 0 Å². The van der Waals surface area contributed by atoms with Crippen molar-refractivity contribution in [1.82, 2.24) is 19.5 Å². The van der Waals surface area contributed by atoms with Crippen LogP contribution in [0.2, 0.25) is 15.1 Å². The average molecular weight is 448 g/mol. The lowest BCUT2D eigenvalue weighted by atomic mass is 10.2. The smallest absolute Gasteiger partial charge is 0.236 e. The maximum atomic E-state index is 11.2. The van der Waals surface area contributed by atoms with E-state index in [1.165, 1.54) is 6.33 Å². The first-order valence-electron chi connectivity index (χ1n) is 8.41. The van der Waals surface area contributed by atoms with Gasteiger partial charge in [-0.25, -0.2) is 15.0 Å². The van der Waals surface area contributed by atoms with E-state index in [-0.39, 0.29) is 6.54 Å². The second-order valence-corrected chi connectivity index (χ2v) is 7.37. The van der Waals surface area contributed by atoms with E-state index >= 15 is 0 Å². The molecule has 0 spiro atoms. The van der Waals surface area contributed by atoms with Gasteiger partial charge in [-0.05, 0) is 42.5 Å². The number of amides is 1. The van der Waals surface area contributed by atoms with Gasteiger partial charge in [0.2, 0.25) is 5.91 Å². The molecule has 29 heavy (non-hydrogen) atoms. The van der Waals surface area contributed by atoms with Crippen LogP contribution >= 0.6 is 34.8 Å². The molecule has 0 unspecified atom stereocenters. The van der Waals surface area contributed by atoms with Crippen LogP contribution < -0.4 is 11.1 Å². The van der Waals surface area contributed by atoms with Crippen LogP contribution in [-0.2, 0) is 4.79 Å². The molecule has 4 aromatic rings. The first-order valence-corrected chi connectivity index (χ1v) is 9.54. The number of fused-ring (bicyclic) bond motifs is 1. The fraction of sp³-hybridized carbons (Fsp3) is 0.0526. The predicted octanol–water partition coefficient (Wildman–Crippen LogP) is 4.34. The van der Waals surface area contributed by atoms with Crippen molar-refractivity contribution in [2.24, 2.45) is 5.73 Å². The van der Waals surface area contributed by atoms with Crippen molar-refractivity contribution in [1.29, 1.82) is 0 Å². The minimum Gasteiger partial charge on any atom is -0.368 e. The number of nitrogens with one attached hydrogen (secondary N) is 1. The highest BCUT2D eigenvalue weighted by Gasteiger charge is 2.20. The van der Waals surface area contributed by atoms with E-state index in [1.54, 1.807) is 30.3 Å². The number of anilines is 1. The van der Waals surface area contributed by atoms with Gasteiger partial charge in [0.25, 0.3) is 0 Å². The van der Waals surface area contributed by atoms with Crippen molar-refractivity contribution in [3.8, 4) is 17.1 Å². The Hall–Kier alpha value is -2.87. The topological polar surface area (TPSA) is 98.7 Å². The maximum Gasteiger partial charge on any atom is 0.236 e. The van der Waals surface area contributed by atoms with Gasteiger partial charge in [-0.3, -0.25) is 9.36 Å². The molecule has 7 nitrogen and oxygen atoms in total. The normalized spacial score (nSPS) is 11.0. The molecule has 2 heterocycles. The summed E-state index contributed by atoms with van der Waals surface area (Å²) in [6, 6.07) is 12.4. The Bertz CT molecular complexity index is 1220. The lowest BCUT2D eigenvalue weighted by Crippen LogP contribution is -2.22. The molecule has 0 aliphatic heterocycles. The van der Waals surface area contributed by atoms with Crippen molar-refractivity contribution in [2.75, 3.05) is 11.9 Å². The quantitative estimate of drug-likeness (QED) is 0.474. The monoisotopic (exact) mass is 446 g/mol. The van der Waals surface area contributed by atoms with Crippen LogP contribution in [0, 0.1) is 0 Å². The van der Waals surface area contributed by atoms with Crippen molar-refractivity contribution in [3.05, 3.63) is 63.9 Å². The summed E-state index contributed by atoms with van der Waals surface area (Å²) in [5, 5.41) is 4.43. The molecule has 0 saturated heterocycles. The van der Waals surface area contributed by atoms with E-state index in [0.717, 1.165) is 5.69 Å². The Morgan fingerprint density at radius 2 is 1.76 bits per heavy atom. The molecule has 3 N–H and O–H groups in total.